The lowest BCUT2D eigenvalue weighted by atomic mass is 9.77. The maximum Gasteiger partial charge on any atom is 0.130 e. The Morgan fingerprint density at radius 1 is 1.25 bits per heavy atom. The molecular formula is C14H21FO. The van der Waals surface area contributed by atoms with Gasteiger partial charge in [0.25, 0.3) is 0 Å². The van der Waals surface area contributed by atoms with E-state index in [9.17, 15) is 4.39 Å². The van der Waals surface area contributed by atoms with E-state index in [0.29, 0.717) is 11.3 Å². The SMILES string of the molecule is CCC(C)(CC)c1cc(F)c(C)c(OC)c1. The van der Waals surface area contributed by atoms with Crippen LogP contribution in [0.3, 0.4) is 0 Å². The molecule has 1 aromatic rings. The van der Waals surface area contributed by atoms with E-state index in [2.05, 4.69) is 20.8 Å². The van der Waals surface area contributed by atoms with Gasteiger partial charge in [-0.15, -0.1) is 0 Å². The van der Waals surface area contributed by atoms with Crippen molar-refractivity contribution >= 4 is 0 Å². The van der Waals surface area contributed by atoms with Crippen molar-refractivity contribution in [3.05, 3.63) is 29.1 Å². The van der Waals surface area contributed by atoms with Crippen molar-refractivity contribution < 1.29 is 9.13 Å². The monoisotopic (exact) mass is 224 g/mol. The zero-order valence-corrected chi connectivity index (χ0v) is 10.9. The molecule has 0 aliphatic carbocycles. The van der Waals surface area contributed by atoms with Crippen molar-refractivity contribution in [3.63, 3.8) is 0 Å². The van der Waals surface area contributed by atoms with Gasteiger partial charge in [-0.25, -0.2) is 4.39 Å². The topological polar surface area (TPSA) is 9.23 Å². The number of methoxy groups -OCH3 is 1. The Morgan fingerprint density at radius 3 is 2.25 bits per heavy atom. The molecule has 0 aliphatic rings. The molecule has 0 saturated carbocycles. The van der Waals surface area contributed by atoms with Crippen molar-refractivity contribution in [2.75, 3.05) is 7.11 Å². The van der Waals surface area contributed by atoms with Gasteiger partial charge < -0.3 is 4.74 Å². The Kier molecular flexibility index (Phi) is 3.95. The van der Waals surface area contributed by atoms with E-state index < -0.39 is 0 Å². The molecule has 0 amide bonds. The Labute approximate surface area is 97.6 Å². The average molecular weight is 224 g/mol. The summed E-state index contributed by atoms with van der Waals surface area (Å²) in [5, 5.41) is 0. The second kappa shape index (κ2) is 4.86. The molecular weight excluding hydrogens is 203 g/mol. The van der Waals surface area contributed by atoms with E-state index in [1.54, 1.807) is 20.1 Å². The Bertz CT molecular complexity index is 367. The van der Waals surface area contributed by atoms with Crippen molar-refractivity contribution in [1.82, 2.24) is 0 Å². The predicted octanol–water partition coefficient (Wildman–Crippen LogP) is 4.22. The van der Waals surface area contributed by atoms with Crippen LogP contribution in [0.4, 0.5) is 4.39 Å². The van der Waals surface area contributed by atoms with Crippen molar-refractivity contribution in [3.8, 4) is 5.75 Å². The van der Waals surface area contributed by atoms with E-state index in [1.165, 1.54) is 0 Å². The van der Waals surface area contributed by atoms with Gasteiger partial charge in [0.1, 0.15) is 11.6 Å². The molecule has 0 aromatic heterocycles. The lowest BCUT2D eigenvalue weighted by molar-refractivity contribution is 0.396. The smallest absolute Gasteiger partial charge is 0.130 e. The molecule has 0 aliphatic heterocycles. The maximum atomic E-state index is 13.7. The van der Waals surface area contributed by atoms with E-state index >= 15 is 0 Å². The molecule has 1 nitrogen and oxygen atoms in total. The summed E-state index contributed by atoms with van der Waals surface area (Å²) in [6, 6.07) is 3.61. The van der Waals surface area contributed by atoms with Crippen LogP contribution in [0.1, 0.15) is 44.7 Å². The largest absolute Gasteiger partial charge is 0.496 e. The average Bonchev–Trinajstić information content (AvgIpc) is 2.31. The van der Waals surface area contributed by atoms with E-state index in [4.69, 9.17) is 4.74 Å². The minimum Gasteiger partial charge on any atom is -0.496 e. The third kappa shape index (κ3) is 2.21. The molecule has 0 spiro atoms. The van der Waals surface area contributed by atoms with E-state index in [-0.39, 0.29) is 11.2 Å². The highest BCUT2D eigenvalue weighted by molar-refractivity contribution is 5.40. The van der Waals surface area contributed by atoms with Gasteiger partial charge in [0, 0.05) is 5.56 Å². The highest BCUT2D eigenvalue weighted by Gasteiger charge is 2.24. The summed E-state index contributed by atoms with van der Waals surface area (Å²) >= 11 is 0. The lowest BCUT2D eigenvalue weighted by Crippen LogP contribution is -2.20. The number of ether oxygens (including phenoxy) is 1. The number of halogens is 1. The summed E-state index contributed by atoms with van der Waals surface area (Å²) in [5.74, 6) is 0.464. The summed E-state index contributed by atoms with van der Waals surface area (Å²) in [7, 11) is 1.58. The molecule has 1 rings (SSSR count). The number of rotatable bonds is 4. The van der Waals surface area contributed by atoms with Gasteiger partial charge in [-0.1, -0.05) is 20.8 Å². The lowest BCUT2D eigenvalue weighted by Gasteiger charge is -2.28. The van der Waals surface area contributed by atoms with Crippen molar-refractivity contribution in [1.29, 1.82) is 0 Å². The third-order valence-corrected chi connectivity index (χ3v) is 3.77. The minimum atomic E-state index is -0.178. The molecule has 0 unspecified atom stereocenters. The molecule has 1 aromatic carbocycles. The summed E-state index contributed by atoms with van der Waals surface area (Å²) in [6.45, 7) is 8.17. The van der Waals surface area contributed by atoms with Crippen LogP contribution in [-0.2, 0) is 5.41 Å². The fourth-order valence-electron chi connectivity index (χ4n) is 1.87. The van der Waals surface area contributed by atoms with Crippen molar-refractivity contribution in [2.24, 2.45) is 0 Å². The van der Waals surface area contributed by atoms with E-state index in [1.807, 2.05) is 6.07 Å². The van der Waals surface area contributed by atoms with Crippen molar-refractivity contribution in [2.45, 2.75) is 46.0 Å². The van der Waals surface area contributed by atoms with Crippen LogP contribution in [0.25, 0.3) is 0 Å². The summed E-state index contributed by atoms with van der Waals surface area (Å²) in [6.07, 6.45) is 1.99. The first kappa shape index (κ1) is 13.0. The maximum absolute atomic E-state index is 13.7. The molecule has 0 heterocycles. The standard InChI is InChI=1S/C14H21FO/c1-6-14(4,7-2)11-8-12(15)10(3)13(9-11)16-5/h8-9H,6-7H2,1-5H3. The second-order valence-corrected chi connectivity index (χ2v) is 4.55. The van der Waals surface area contributed by atoms with Crippen LogP contribution in [0.2, 0.25) is 0 Å². The Morgan fingerprint density at radius 2 is 1.81 bits per heavy atom. The fraction of sp³-hybridized carbons (Fsp3) is 0.571. The van der Waals surface area contributed by atoms with Gasteiger partial charge in [-0.2, -0.15) is 0 Å². The van der Waals surface area contributed by atoms with Gasteiger partial charge in [0.15, 0.2) is 0 Å². The molecule has 90 valence electrons. The molecule has 2 heteroatoms. The van der Waals surface area contributed by atoms with Crippen LogP contribution in [-0.4, -0.2) is 7.11 Å². The quantitative estimate of drug-likeness (QED) is 0.744. The number of benzene rings is 1. The van der Waals surface area contributed by atoms with Gasteiger partial charge in [0.2, 0.25) is 0 Å². The van der Waals surface area contributed by atoms with Gasteiger partial charge in [-0.05, 0) is 42.9 Å². The highest BCUT2D eigenvalue weighted by atomic mass is 19.1. The van der Waals surface area contributed by atoms with Gasteiger partial charge in [0.05, 0.1) is 7.11 Å². The summed E-state index contributed by atoms with van der Waals surface area (Å²) in [4.78, 5) is 0. The summed E-state index contributed by atoms with van der Waals surface area (Å²) in [5.41, 5.74) is 1.64. The minimum absolute atomic E-state index is 0.0296. The van der Waals surface area contributed by atoms with Gasteiger partial charge >= 0.3 is 0 Å². The van der Waals surface area contributed by atoms with E-state index in [0.717, 1.165) is 18.4 Å². The van der Waals surface area contributed by atoms with Crippen LogP contribution < -0.4 is 4.74 Å². The zero-order chi connectivity index (χ0) is 12.3. The first-order valence-electron chi connectivity index (χ1n) is 5.83. The second-order valence-electron chi connectivity index (χ2n) is 4.55. The summed E-state index contributed by atoms with van der Waals surface area (Å²) < 4.78 is 19.0. The molecule has 16 heavy (non-hydrogen) atoms. The zero-order valence-electron chi connectivity index (χ0n) is 10.9. The third-order valence-electron chi connectivity index (χ3n) is 3.77. The number of hydrogen-bond donors (Lipinski definition) is 0. The highest BCUT2D eigenvalue weighted by Crippen LogP contribution is 2.35. The van der Waals surface area contributed by atoms with Crippen LogP contribution in [0, 0.1) is 12.7 Å². The first-order chi connectivity index (χ1) is 7.48. The molecule has 0 N–H and O–H groups in total. The molecule has 0 saturated heterocycles. The number of hydrogen-bond acceptors (Lipinski definition) is 1. The first-order valence-corrected chi connectivity index (χ1v) is 5.83. The predicted molar refractivity (Wildman–Crippen MR) is 65.6 cm³/mol. The van der Waals surface area contributed by atoms with Crippen LogP contribution in [0.5, 0.6) is 5.75 Å². The fourth-order valence-corrected chi connectivity index (χ4v) is 1.87. The molecule has 0 bridgehead atoms. The van der Waals surface area contributed by atoms with Crippen LogP contribution >= 0.6 is 0 Å². The normalized spacial score (nSPS) is 11.6. The molecule has 0 radical (unpaired) electrons. The van der Waals surface area contributed by atoms with Crippen LogP contribution in [0.15, 0.2) is 12.1 Å². The Balaban J connectivity index is 3.30. The molecule has 0 fully saturated rings. The Hall–Kier alpha value is -1.05. The van der Waals surface area contributed by atoms with Gasteiger partial charge in [-0.3, -0.25) is 0 Å². The molecule has 0 atom stereocenters.